The van der Waals surface area contributed by atoms with Crippen LogP contribution in [0.1, 0.15) is 42.3 Å². The molecule has 7 nitrogen and oxygen atoms in total. The van der Waals surface area contributed by atoms with Gasteiger partial charge in [-0.2, -0.15) is 5.10 Å². The molecule has 0 aromatic heterocycles. The van der Waals surface area contributed by atoms with E-state index < -0.39 is 6.04 Å². The van der Waals surface area contributed by atoms with Crippen molar-refractivity contribution >= 4 is 18.0 Å². The van der Waals surface area contributed by atoms with Gasteiger partial charge >= 0.3 is 0 Å². The van der Waals surface area contributed by atoms with Gasteiger partial charge < -0.3 is 14.8 Å². The van der Waals surface area contributed by atoms with Gasteiger partial charge in [-0.15, -0.1) is 0 Å². The number of hydrogen-bond acceptors (Lipinski definition) is 5. The summed E-state index contributed by atoms with van der Waals surface area (Å²) in [6.45, 7) is 8.06. The minimum Gasteiger partial charge on any atom is -0.493 e. The predicted molar refractivity (Wildman–Crippen MR) is 117 cm³/mol. The third-order valence-electron chi connectivity index (χ3n) is 4.43. The zero-order valence-electron chi connectivity index (χ0n) is 18.1. The highest BCUT2D eigenvalue weighted by Gasteiger charge is 2.24. The Balaban J connectivity index is 2.03. The SMILES string of the molecule is CCOc1cc(/C=N\NC(=O)C(NC(=O)c2ccc(C)cc2)C(C)C)ccc1OC. The van der Waals surface area contributed by atoms with Crippen LogP contribution >= 0.6 is 0 Å². The van der Waals surface area contributed by atoms with Crippen molar-refractivity contribution in [3.8, 4) is 11.5 Å². The van der Waals surface area contributed by atoms with E-state index in [0.717, 1.165) is 11.1 Å². The lowest BCUT2D eigenvalue weighted by molar-refractivity contribution is -0.123. The van der Waals surface area contributed by atoms with E-state index in [4.69, 9.17) is 9.47 Å². The second kappa shape index (κ2) is 11.0. The lowest BCUT2D eigenvalue weighted by Crippen LogP contribution is -2.48. The first-order chi connectivity index (χ1) is 14.3. The van der Waals surface area contributed by atoms with Crippen molar-refractivity contribution < 1.29 is 19.1 Å². The first-order valence-electron chi connectivity index (χ1n) is 9.87. The molecule has 2 aromatic rings. The maximum Gasteiger partial charge on any atom is 0.262 e. The Morgan fingerprint density at radius 1 is 1.10 bits per heavy atom. The molecule has 2 aromatic carbocycles. The number of carbonyl (C=O) groups excluding carboxylic acids is 2. The zero-order chi connectivity index (χ0) is 22.1. The molecule has 0 bridgehead atoms. The van der Waals surface area contributed by atoms with E-state index in [1.807, 2.05) is 39.8 Å². The maximum atomic E-state index is 12.6. The minimum atomic E-state index is -0.717. The third kappa shape index (κ3) is 6.34. The summed E-state index contributed by atoms with van der Waals surface area (Å²) in [6, 6.07) is 11.8. The van der Waals surface area contributed by atoms with Crippen molar-refractivity contribution in [3.63, 3.8) is 0 Å². The number of aryl methyl sites for hydroxylation is 1. The highest BCUT2D eigenvalue weighted by molar-refractivity contribution is 5.97. The van der Waals surface area contributed by atoms with Crippen LogP contribution in [0.25, 0.3) is 0 Å². The summed E-state index contributed by atoms with van der Waals surface area (Å²) >= 11 is 0. The molecule has 1 unspecified atom stereocenters. The van der Waals surface area contributed by atoms with Gasteiger partial charge in [-0.1, -0.05) is 31.5 Å². The van der Waals surface area contributed by atoms with E-state index in [9.17, 15) is 9.59 Å². The Kier molecular flexibility index (Phi) is 8.41. The summed E-state index contributed by atoms with van der Waals surface area (Å²) in [4.78, 5) is 25.1. The van der Waals surface area contributed by atoms with Gasteiger partial charge in [-0.25, -0.2) is 5.43 Å². The Hall–Kier alpha value is -3.35. The summed E-state index contributed by atoms with van der Waals surface area (Å²) in [5.74, 6) is 0.419. The number of hydrazone groups is 1. The van der Waals surface area contributed by atoms with Crippen molar-refractivity contribution in [1.29, 1.82) is 0 Å². The molecular weight excluding hydrogens is 382 g/mol. The number of methoxy groups -OCH3 is 1. The highest BCUT2D eigenvalue weighted by Crippen LogP contribution is 2.27. The first-order valence-corrected chi connectivity index (χ1v) is 9.87. The topological polar surface area (TPSA) is 89.0 Å². The molecule has 0 heterocycles. The molecule has 0 saturated heterocycles. The van der Waals surface area contributed by atoms with Crippen LogP contribution in [-0.4, -0.2) is 37.8 Å². The van der Waals surface area contributed by atoms with E-state index >= 15 is 0 Å². The molecule has 0 fully saturated rings. The van der Waals surface area contributed by atoms with Gasteiger partial charge in [0.05, 0.1) is 19.9 Å². The highest BCUT2D eigenvalue weighted by atomic mass is 16.5. The molecule has 7 heteroatoms. The molecule has 0 aliphatic carbocycles. The quantitative estimate of drug-likeness (QED) is 0.489. The standard InChI is InChI=1S/C23H29N3O4/c1-6-30-20-13-17(9-12-19(20)29-5)14-24-26-23(28)21(15(2)3)25-22(27)18-10-7-16(4)8-11-18/h7-15,21H,6H2,1-5H3,(H,25,27)(H,26,28)/b24-14-. The van der Waals surface area contributed by atoms with Gasteiger partial charge in [-0.05, 0) is 55.7 Å². The number of nitrogens with zero attached hydrogens (tertiary/aromatic N) is 1. The molecular formula is C23H29N3O4. The Labute approximate surface area is 177 Å². The molecule has 2 rings (SSSR count). The Morgan fingerprint density at radius 3 is 2.40 bits per heavy atom. The molecule has 0 aliphatic rings. The summed E-state index contributed by atoms with van der Waals surface area (Å²) in [5.41, 5.74) is 4.81. The van der Waals surface area contributed by atoms with Crippen molar-refractivity contribution in [1.82, 2.24) is 10.7 Å². The van der Waals surface area contributed by atoms with Gasteiger partial charge in [0.25, 0.3) is 11.8 Å². The van der Waals surface area contributed by atoms with E-state index in [2.05, 4.69) is 15.8 Å². The van der Waals surface area contributed by atoms with Crippen LogP contribution < -0.4 is 20.2 Å². The number of amides is 2. The van der Waals surface area contributed by atoms with Crippen molar-refractivity contribution in [2.75, 3.05) is 13.7 Å². The van der Waals surface area contributed by atoms with E-state index in [0.29, 0.717) is 23.7 Å². The fourth-order valence-electron chi connectivity index (χ4n) is 2.75. The number of carbonyl (C=O) groups is 2. The van der Waals surface area contributed by atoms with Gasteiger partial charge in [0.2, 0.25) is 0 Å². The molecule has 2 amide bonds. The molecule has 0 aliphatic heterocycles. The van der Waals surface area contributed by atoms with E-state index in [1.165, 1.54) is 6.21 Å². The lowest BCUT2D eigenvalue weighted by atomic mass is 10.0. The molecule has 30 heavy (non-hydrogen) atoms. The molecule has 2 N–H and O–H groups in total. The van der Waals surface area contributed by atoms with Crippen LogP contribution in [-0.2, 0) is 4.79 Å². The van der Waals surface area contributed by atoms with Crippen LogP contribution in [0.4, 0.5) is 0 Å². The smallest absolute Gasteiger partial charge is 0.262 e. The van der Waals surface area contributed by atoms with Crippen LogP contribution in [0, 0.1) is 12.8 Å². The van der Waals surface area contributed by atoms with Gasteiger partial charge in [-0.3, -0.25) is 9.59 Å². The fourth-order valence-corrected chi connectivity index (χ4v) is 2.75. The van der Waals surface area contributed by atoms with Crippen molar-refractivity contribution in [2.24, 2.45) is 11.0 Å². The molecule has 0 radical (unpaired) electrons. The molecule has 1 atom stereocenters. The second-order valence-electron chi connectivity index (χ2n) is 7.14. The third-order valence-corrected chi connectivity index (χ3v) is 4.43. The lowest BCUT2D eigenvalue weighted by Gasteiger charge is -2.20. The van der Waals surface area contributed by atoms with E-state index in [1.54, 1.807) is 37.4 Å². The van der Waals surface area contributed by atoms with Crippen LogP contribution in [0.2, 0.25) is 0 Å². The minimum absolute atomic E-state index is 0.111. The van der Waals surface area contributed by atoms with Crippen LogP contribution in [0.3, 0.4) is 0 Å². The predicted octanol–water partition coefficient (Wildman–Crippen LogP) is 3.31. The Bertz CT molecular complexity index is 892. The average Bonchev–Trinajstić information content (AvgIpc) is 2.72. The molecule has 0 spiro atoms. The van der Waals surface area contributed by atoms with Crippen molar-refractivity contribution in [2.45, 2.75) is 33.7 Å². The number of ether oxygens (including phenoxy) is 2. The average molecular weight is 412 g/mol. The number of benzene rings is 2. The van der Waals surface area contributed by atoms with Gasteiger partial charge in [0.1, 0.15) is 6.04 Å². The largest absolute Gasteiger partial charge is 0.493 e. The number of hydrogen-bond donors (Lipinski definition) is 2. The monoisotopic (exact) mass is 411 g/mol. The molecule has 0 saturated carbocycles. The summed E-state index contributed by atoms with van der Waals surface area (Å²) < 4.78 is 10.8. The maximum absolute atomic E-state index is 12.6. The summed E-state index contributed by atoms with van der Waals surface area (Å²) in [5, 5.41) is 6.80. The molecule has 160 valence electrons. The normalized spacial score (nSPS) is 11.9. The van der Waals surface area contributed by atoms with Gasteiger partial charge in [0, 0.05) is 5.56 Å². The van der Waals surface area contributed by atoms with Crippen LogP contribution in [0.15, 0.2) is 47.6 Å². The van der Waals surface area contributed by atoms with Gasteiger partial charge in [0.15, 0.2) is 11.5 Å². The van der Waals surface area contributed by atoms with E-state index in [-0.39, 0.29) is 17.7 Å². The second-order valence-corrected chi connectivity index (χ2v) is 7.14. The zero-order valence-corrected chi connectivity index (χ0v) is 18.1. The Morgan fingerprint density at radius 2 is 1.80 bits per heavy atom. The number of rotatable bonds is 9. The van der Waals surface area contributed by atoms with Crippen molar-refractivity contribution in [3.05, 3.63) is 59.2 Å². The van der Waals surface area contributed by atoms with Crippen LogP contribution in [0.5, 0.6) is 11.5 Å². The summed E-state index contributed by atoms with van der Waals surface area (Å²) in [7, 11) is 1.57. The number of nitrogens with one attached hydrogen (secondary N) is 2. The summed E-state index contributed by atoms with van der Waals surface area (Å²) in [6.07, 6.45) is 1.51. The fraction of sp³-hybridized carbons (Fsp3) is 0.348. The first kappa shape index (κ1) is 22.9.